The molecule has 0 bridgehead atoms. The Labute approximate surface area is 281 Å². The summed E-state index contributed by atoms with van der Waals surface area (Å²) in [5, 5.41) is 2.79. The molecule has 0 saturated carbocycles. The number of nitrogens with zero attached hydrogens (tertiary/aromatic N) is 2. The molecule has 0 aliphatic carbocycles. The summed E-state index contributed by atoms with van der Waals surface area (Å²) in [4.78, 5) is 60.9. The first-order valence-corrected chi connectivity index (χ1v) is 16.8. The molecule has 0 spiro atoms. The standard InChI is InChI=1S/C38H44N4O6/c1-26-21-23-42(34(26)32(43)24-29(16-10-11-22-39)35(44)36-40-30-17-8-9-18-33(30)48-36)37(45)31(20-19-27-12-4-2-5-13-27)41-38(46)47-25-28-14-6-3-7-15-28/h2-9,12-15,17-18,26,29,31,34H,10-11,16,19-25,39H2,1H3,(H,41,46)/t26-,29+,31+,34-/m0/s1. The number of fused-ring (bicyclic) bond motifs is 1. The van der Waals surface area contributed by atoms with E-state index in [0.717, 1.165) is 11.1 Å². The maximum Gasteiger partial charge on any atom is 0.408 e. The fraction of sp³-hybridized carbons (Fsp3) is 0.395. The van der Waals surface area contributed by atoms with Gasteiger partial charge in [-0.25, -0.2) is 9.78 Å². The summed E-state index contributed by atoms with van der Waals surface area (Å²) in [6.45, 7) is 2.86. The van der Waals surface area contributed by atoms with Crippen molar-refractivity contribution in [3.05, 3.63) is 102 Å². The maximum absolute atomic E-state index is 14.2. The third kappa shape index (κ3) is 8.95. The van der Waals surface area contributed by atoms with Crippen LogP contribution >= 0.6 is 0 Å². The van der Waals surface area contributed by atoms with E-state index in [9.17, 15) is 19.2 Å². The monoisotopic (exact) mass is 652 g/mol. The van der Waals surface area contributed by atoms with E-state index in [2.05, 4.69) is 10.3 Å². The predicted molar refractivity (Wildman–Crippen MR) is 182 cm³/mol. The molecule has 2 heterocycles. The molecular formula is C38H44N4O6. The van der Waals surface area contributed by atoms with Crippen LogP contribution in [-0.4, -0.2) is 58.6 Å². The number of nitrogens with one attached hydrogen (secondary N) is 1. The number of ketones is 2. The highest BCUT2D eigenvalue weighted by molar-refractivity contribution is 6.00. The Morgan fingerprint density at radius 2 is 1.62 bits per heavy atom. The Bertz CT molecular complexity index is 1640. The van der Waals surface area contributed by atoms with Crippen molar-refractivity contribution in [1.82, 2.24) is 15.2 Å². The Hall–Kier alpha value is -4.83. The van der Waals surface area contributed by atoms with Crippen LogP contribution in [0, 0.1) is 11.8 Å². The SMILES string of the molecule is C[C@H]1CCN(C(=O)[C@@H](CCc2ccccc2)NC(=O)OCc2ccccc2)[C@@H]1C(=O)C[C@@H](CCCCN)C(=O)c1nc2ccccc2o1. The smallest absolute Gasteiger partial charge is 0.408 e. The van der Waals surface area contributed by atoms with E-state index in [1.54, 1.807) is 17.0 Å². The van der Waals surface area contributed by atoms with Crippen molar-refractivity contribution in [3.63, 3.8) is 0 Å². The lowest BCUT2D eigenvalue weighted by molar-refractivity contribution is -0.140. The van der Waals surface area contributed by atoms with E-state index in [1.807, 2.05) is 79.7 Å². The molecular weight excluding hydrogens is 608 g/mol. The van der Waals surface area contributed by atoms with Gasteiger partial charge >= 0.3 is 6.09 Å². The number of likely N-dealkylation sites (tertiary alicyclic amines) is 1. The number of benzene rings is 3. The molecule has 1 aliphatic heterocycles. The summed E-state index contributed by atoms with van der Waals surface area (Å²) in [5.41, 5.74) is 8.66. The second-order valence-electron chi connectivity index (χ2n) is 12.5. The number of unbranched alkanes of at least 4 members (excludes halogenated alkanes) is 1. The Morgan fingerprint density at radius 3 is 2.33 bits per heavy atom. The van der Waals surface area contributed by atoms with Crippen LogP contribution < -0.4 is 11.1 Å². The van der Waals surface area contributed by atoms with Gasteiger partial charge in [-0.15, -0.1) is 0 Å². The predicted octanol–water partition coefficient (Wildman–Crippen LogP) is 5.88. The number of carbonyl (C=O) groups excluding carboxylic acids is 4. The summed E-state index contributed by atoms with van der Waals surface area (Å²) in [6.07, 6.45) is 2.57. The summed E-state index contributed by atoms with van der Waals surface area (Å²) in [5.74, 6) is -1.66. The number of aromatic nitrogens is 1. The molecule has 10 heteroatoms. The van der Waals surface area contributed by atoms with Gasteiger partial charge in [-0.1, -0.05) is 86.1 Å². The summed E-state index contributed by atoms with van der Waals surface area (Å²) < 4.78 is 11.2. The van der Waals surface area contributed by atoms with E-state index in [4.69, 9.17) is 14.9 Å². The molecule has 10 nitrogen and oxygen atoms in total. The van der Waals surface area contributed by atoms with Crippen LogP contribution in [0.25, 0.3) is 11.1 Å². The molecule has 0 radical (unpaired) electrons. The van der Waals surface area contributed by atoms with Gasteiger partial charge in [0.2, 0.25) is 11.7 Å². The zero-order valence-electron chi connectivity index (χ0n) is 27.4. The van der Waals surface area contributed by atoms with Gasteiger partial charge in [0.15, 0.2) is 11.4 Å². The van der Waals surface area contributed by atoms with Crippen molar-refractivity contribution in [3.8, 4) is 0 Å². The molecule has 1 aliphatic rings. The van der Waals surface area contributed by atoms with E-state index in [-0.39, 0.29) is 42.3 Å². The minimum Gasteiger partial charge on any atom is -0.445 e. The number of hydrogen-bond acceptors (Lipinski definition) is 8. The van der Waals surface area contributed by atoms with Crippen molar-refractivity contribution in [2.45, 2.75) is 70.6 Å². The van der Waals surface area contributed by atoms with E-state index >= 15 is 0 Å². The first kappa shape index (κ1) is 34.5. The summed E-state index contributed by atoms with van der Waals surface area (Å²) >= 11 is 0. The van der Waals surface area contributed by atoms with Gasteiger partial charge in [0, 0.05) is 18.9 Å². The first-order chi connectivity index (χ1) is 23.3. The zero-order chi connectivity index (χ0) is 33.9. The number of alkyl carbamates (subject to hydrolysis) is 1. The Balaban J connectivity index is 1.31. The molecule has 252 valence electrons. The van der Waals surface area contributed by atoms with Crippen molar-refractivity contribution in [2.24, 2.45) is 17.6 Å². The molecule has 1 aromatic heterocycles. The van der Waals surface area contributed by atoms with Gasteiger partial charge in [0.25, 0.3) is 5.89 Å². The third-order valence-corrected chi connectivity index (χ3v) is 9.01. The van der Waals surface area contributed by atoms with Crippen LogP contribution in [0.3, 0.4) is 0 Å². The quantitative estimate of drug-likeness (QED) is 0.113. The van der Waals surface area contributed by atoms with Gasteiger partial charge in [-0.2, -0.15) is 0 Å². The number of Topliss-reactive ketones (excluding diaryl/α,β-unsaturated/α-hetero) is 2. The lowest BCUT2D eigenvalue weighted by Gasteiger charge is -2.30. The van der Waals surface area contributed by atoms with E-state index < -0.39 is 24.1 Å². The van der Waals surface area contributed by atoms with Gasteiger partial charge in [0.1, 0.15) is 18.2 Å². The molecule has 2 amide bonds. The molecule has 48 heavy (non-hydrogen) atoms. The lowest BCUT2D eigenvalue weighted by atomic mass is 9.87. The Kier molecular flexibility index (Phi) is 12.1. The van der Waals surface area contributed by atoms with Crippen LogP contribution in [0.4, 0.5) is 4.79 Å². The summed E-state index contributed by atoms with van der Waals surface area (Å²) in [6, 6.07) is 24.5. The molecule has 1 saturated heterocycles. The second kappa shape index (κ2) is 16.8. The molecule has 4 aromatic rings. The molecule has 3 N–H and O–H groups in total. The maximum atomic E-state index is 14.2. The van der Waals surface area contributed by atoms with Crippen LogP contribution in [0.1, 0.15) is 67.3 Å². The number of rotatable bonds is 16. The second-order valence-corrected chi connectivity index (χ2v) is 12.5. The molecule has 1 fully saturated rings. The molecule has 0 unspecified atom stereocenters. The van der Waals surface area contributed by atoms with Gasteiger partial charge in [-0.05, 0) is 67.8 Å². The lowest BCUT2D eigenvalue weighted by Crippen LogP contribution is -2.53. The van der Waals surface area contributed by atoms with Crippen LogP contribution in [0.5, 0.6) is 0 Å². The number of oxazole rings is 1. The number of amides is 2. The van der Waals surface area contributed by atoms with Crippen molar-refractivity contribution in [2.75, 3.05) is 13.1 Å². The van der Waals surface area contributed by atoms with Crippen molar-refractivity contribution < 1.29 is 28.3 Å². The first-order valence-electron chi connectivity index (χ1n) is 16.8. The van der Waals surface area contributed by atoms with E-state index in [0.29, 0.717) is 62.7 Å². The van der Waals surface area contributed by atoms with Gasteiger partial charge < -0.3 is 25.1 Å². The van der Waals surface area contributed by atoms with Crippen LogP contribution in [-0.2, 0) is 27.4 Å². The van der Waals surface area contributed by atoms with Crippen LogP contribution in [0.15, 0.2) is 89.3 Å². The number of aryl methyl sites for hydroxylation is 1. The summed E-state index contributed by atoms with van der Waals surface area (Å²) in [7, 11) is 0. The fourth-order valence-electron chi connectivity index (χ4n) is 6.38. The number of carbonyl (C=O) groups is 4. The van der Waals surface area contributed by atoms with Gasteiger partial charge in [-0.3, -0.25) is 14.4 Å². The van der Waals surface area contributed by atoms with Crippen molar-refractivity contribution >= 4 is 34.7 Å². The average Bonchev–Trinajstić information content (AvgIpc) is 3.73. The third-order valence-electron chi connectivity index (χ3n) is 9.01. The number of hydrogen-bond donors (Lipinski definition) is 2. The van der Waals surface area contributed by atoms with Crippen LogP contribution in [0.2, 0.25) is 0 Å². The highest BCUT2D eigenvalue weighted by atomic mass is 16.5. The highest BCUT2D eigenvalue weighted by Crippen LogP contribution is 2.30. The van der Waals surface area contributed by atoms with E-state index in [1.165, 1.54) is 0 Å². The molecule has 4 atom stereocenters. The molecule has 5 rings (SSSR count). The minimum atomic E-state index is -0.907. The normalized spacial score (nSPS) is 17.2. The average molecular weight is 653 g/mol. The number of nitrogens with two attached hydrogens (primary N) is 1. The zero-order valence-corrected chi connectivity index (χ0v) is 27.4. The Morgan fingerprint density at radius 1 is 0.938 bits per heavy atom. The van der Waals surface area contributed by atoms with Gasteiger partial charge in [0.05, 0.1) is 6.04 Å². The number of ether oxygens (including phenoxy) is 1. The van der Waals surface area contributed by atoms with Crippen molar-refractivity contribution in [1.29, 1.82) is 0 Å². The highest BCUT2D eigenvalue weighted by Gasteiger charge is 2.43. The number of para-hydroxylation sites is 2. The minimum absolute atomic E-state index is 0.0201. The topological polar surface area (TPSA) is 145 Å². The largest absolute Gasteiger partial charge is 0.445 e. The fourth-order valence-corrected chi connectivity index (χ4v) is 6.38. The molecule has 3 aromatic carbocycles.